The lowest BCUT2D eigenvalue weighted by atomic mass is 10.1. The van der Waals surface area contributed by atoms with E-state index in [9.17, 15) is 14.9 Å². The molecule has 0 bridgehead atoms. The van der Waals surface area contributed by atoms with Gasteiger partial charge in [0.2, 0.25) is 5.91 Å². The van der Waals surface area contributed by atoms with E-state index in [1.54, 1.807) is 47.8 Å². The topological polar surface area (TPSA) is 122 Å². The summed E-state index contributed by atoms with van der Waals surface area (Å²) in [4.78, 5) is 28.0. The largest absolute Gasteiger partial charge is 0.422 e. The number of thiazole rings is 1. The third-order valence-electron chi connectivity index (χ3n) is 4.38. The smallest absolute Gasteiger partial charge is 0.345 e. The molecule has 0 saturated heterocycles. The van der Waals surface area contributed by atoms with Gasteiger partial charge in [0.25, 0.3) is 0 Å². The van der Waals surface area contributed by atoms with Crippen molar-refractivity contribution < 1.29 is 9.21 Å². The predicted molar refractivity (Wildman–Crippen MR) is 123 cm³/mol. The highest BCUT2D eigenvalue weighted by Crippen LogP contribution is 2.27. The predicted octanol–water partition coefficient (Wildman–Crippen LogP) is 4.75. The molecule has 3 N–H and O–H groups in total. The average molecular weight is 493 g/mol. The summed E-state index contributed by atoms with van der Waals surface area (Å²) in [6.45, 7) is 0. The summed E-state index contributed by atoms with van der Waals surface area (Å²) >= 11 is 4.65. The number of fused-ring (bicyclic) bond motifs is 1. The van der Waals surface area contributed by atoms with E-state index < -0.39 is 11.5 Å². The Morgan fingerprint density at radius 1 is 1.23 bits per heavy atom. The number of anilines is 1. The minimum absolute atomic E-state index is 0.295. The number of rotatable bonds is 5. The molecule has 0 saturated carbocycles. The van der Waals surface area contributed by atoms with Crippen LogP contribution in [0.4, 0.5) is 5.69 Å². The van der Waals surface area contributed by atoms with E-state index >= 15 is 0 Å². The minimum Gasteiger partial charge on any atom is -0.422 e. The third-order valence-corrected chi connectivity index (χ3v) is 5.75. The van der Waals surface area contributed by atoms with Gasteiger partial charge >= 0.3 is 5.63 Å². The lowest BCUT2D eigenvalue weighted by Gasteiger charge is -2.02. The van der Waals surface area contributed by atoms with Crippen LogP contribution in [0.5, 0.6) is 0 Å². The molecule has 2 aromatic heterocycles. The highest BCUT2D eigenvalue weighted by molar-refractivity contribution is 9.10. The number of allylic oxidation sites excluding steroid dienone is 1. The average Bonchev–Trinajstić information content (AvgIpc) is 3.24. The molecular formula is C22H13BrN4O3S. The van der Waals surface area contributed by atoms with E-state index in [1.165, 1.54) is 17.5 Å². The molecule has 0 unspecified atom stereocenters. The molecule has 0 radical (unpaired) electrons. The molecule has 2 heterocycles. The second kappa shape index (κ2) is 8.55. The molecule has 4 rings (SSSR count). The highest BCUT2D eigenvalue weighted by atomic mass is 79.9. The number of primary amides is 1. The van der Waals surface area contributed by atoms with Crippen molar-refractivity contribution in [2.75, 3.05) is 5.32 Å². The number of aromatic nitrogens is 1. The number of nitrogens with two attached hydrogens (primary N) is 1. The number of carbonyl (C=O) groups is 1. The molecule has 152 valence electrons. The maximum Gasteiger partial charge on any atom is 0.345 e. The van der Waals surface area contributed by atoms with Crippen LogP contribution in [0, 0.1) is 11.3 Å². The van der Waals surface area contributed by atoms with E-state index in [1.807, 2.05) is 6.07 Å². The summed E-state index contributed by atoms with van der Waals surface area (Å²) < 4.78 is 6.26. The second-order valence-electron chi connectivity index (χ2n) is 6.42. The fourth-order valence-electron chi connectivity index (χ4n) is 2.82. The van der Waals surface area contributed by atoms with Gasteiger partial charge in [-0.3, -0.25) is 4.79 Å². The van der Waals surface area contributed by atoms with E-state index in [-0.39, 0.29) is 0 Å². The van der Waals surface area contributed by atoms with Crippen LogP contribution < -0.4 is 16.7 Å². The van der Waals surface area contributed by atoms with E-state index in [2.05, 4.69) is 32.3 Å². The molecule has 0 aliphatic heterocycles. The van der Waals surface area contributed by atoms with Crippen molar-refractivity contribution in [2.45, 2.75) is 0 Å². The molecule has 0 fully saturated rings. The quantitative estimate of drug-likeness (QED) is 0.306. The summed E-state index contributed by atoms with van der Waals surface area (Å²) in [6, 6.07) is 15.7. The van der Waals surface area contributed by atoms with Crippen molar-refractivity contribution >= 4 is 55.4 Å². The Bertz CT molecular complexity index is 1430. The monoisotopic (exact) mass is 492 g/mol. The summed E-state index contributed by atoms with van der Waals surface area (Å²) in [5, 5.41) is 15.5. The van der Waals surface area contributed by atoms with Crippen LogP contribution in [0.2, 0.25) is 0 Å². The number of halogens is 1. The number of amides is 1. The van der Waals surface area contributed by atoms with Gasteiger partial charge in [0, 0.05) is 32.7 Å². The van der Waals surface area contributed by atoms with Gasteiger partial charge in [-0.15, -0.1) is 11.3 Å². The normalized spacial score (nSPS) is 11.3. The van der Waals surface area contributed by atoms with Crippen molar-refractivity contribution in [1.82, 2.24) is 4.98 Å². The first kappa shape index (κ1) is 20.5. The summed E-state index contributed by atoms with van der Waals surface area (Å²) in [6.07, 6.45) is 1.52. The van der Waals surface area contributed by atoms with Crippen molar-refractivity contribution in [3.63, 3.8) is 0 Å². The van der Waals surface area contributed by atoms with Crippen molar-refractivity contribution in [2.24, 2.45) is 5.73 Å². The zero-order valence-electron chi connectivity index (χ0n) is 15.8. The summed E-state index contributed by atoms with van der Waals surface area (Å²) in [7, 11) is 0. The highest BCUT2D eigenvalue weighted by Gasteiger charge is 2.14. The third kappa shape index (κ3) is 4.40. The maximum atomic E-state index is 12.4. The summed E-state index contributed by atoms with van der Waals surface area (Å²) in [5.74, 6) is -0.513. The molecule has 0 aliphatic rings. The zero-order chi connectivity index (χ0) is 22.0. The number of benzene rings is 2. The molecule has 2 aromatic carbocycles. The first-order chi connectivity index (χ1) is 14.9. The van der Waals surface area contributed by atoms with Gasteiger partial charge in [0.1, 0.15) is 22.2 Å². The Morgan fingerprint density at radius 2 is 2.00 bits per heavy atom. The van der Waals surface area contributed by atoms with Gasteiger partial charge in [-0.25, -0.2) is 9.78 Å². The number of nitrogens with one attached hydrogen (secondary N) is 1. The minimum atomic E-state index is -0.513. The van der Waals surface area contributed by atoms with Crippen LogP contribution in [0.3, 0.4) is 0 Å². The van der Waals surface area contributed by atoms with Gasteiger partial charge in [0.05, 0.1) is 11.3 Å². The molecule has 4 aromatic rings. The van der Waals surface area contributed by atoms with Crippen molar-refractivity contribution in [1.29, 1.82) is 5.26 Å². The van der Waals surface area contributed by atoms with Gasteiger partial charge in [-0.1, -0.05) is 15.9 Å². The molecule has 31 heavy (non-hydrogen) atoms. The molecule has 0 aliphatic carbocycles. The Morgan fingerprint density at radius 3 is 2.71 bits per heavy atom. The second-order valence-corrected chi connectivity index (χ2v) is 8.20. The van der Waals surface area contributed by atoms with Gasteiger partial charge < -0.3 is 15.5 Å². The van der Waals surface area contributed by atoms with Crippen molar-refractivity contribution in [3.8, 4) is 17.3 Å². The van der Waals surface area contributed by atoms with Crippen LogP contribution in [-0.2, 0) is 0 Å². The van der Waals surface area contributed by atoms with Crippen LogP contribution in [-0.4, -0.2) is 10.9 Å². The first-order valence-corrected chi connectivity index (χ1v) is 10.6. The number of hydrogen-bond acceptors (Lipinski definition) is 7. The number of nitrogens with zero attached hydrogens (tertiary/aromatic N) is 2. The maximum absolute atomic E-state index is 12.4. The van der Waals surface area contributed by atoms with Gasteiger partial charge in [-0.2, -0.15) is 5.26 Å². The van der Waals surface area contributed by atoms with E-state index in [0.717, 1.165) is 9.86 Å². The van der Waals surface area contributed by atoms with Crippen LogP contribution in [0.15, 0.2) is 73.8 Å². The van der Waals surface area contributed by atoms with Crippen LogP contribution >= 0.6 is 27.3 Å². The first-order valence-electron chi connectivity index (χ1n) is 8.91. The van der Waals surface area contributed by atoms with E-state index in [0.29, 0.717) is 38.7 Å². The fraction of sp³-hybridized carbons (Fsp3) is 0. The SMILES string of the molecule is N#CC(=CNc1ccc(C(N)=O)cc1)c1nc(-c2cc3cc(Br)ccc3oc2=O)cs1. The molecule has 0 spiro atoms. The van der Waals surface area contributed by atoms with Gasteiger partial charge in [0.15, 0.2) is 0 Å². The molecule has 9 heteroatoms. The van der Waals surface area contributed by atoms with Gasteiger partial charge in [-0.05, 0) is 48.5 Å². The number of hydrogen-bond donors (Lipinski definition) is 2. The standard InChI is InChI=1S/C22H13BrN4O3S/c23-15-3-6-19-13(7-15)8-17(22(29)30-19)18-11-31-21(27-18)14(9-24)10-26-16-4-1-12(2-5-16)20(25)28/h1-8,10-11,26H,(H2,25,28). The van der Waals surface area contributed by atoms with Crippen LogP contribution in [0.1, 0.15) is 15.4 Å². The molecule has 1 amide bonds. The summed E-state index contributed by atoms with van der Waals surface area (Å²) in [5.41, 5.74) is 7.33. The number of carbonyl (C=O) groups excluding carboxylic acids is 1. The lowest BCUT2D eigenvalue weighted by Crippen LogP contribution is -2.10. The van der Waals surface area contributed by atoms with E-state index in [4.69, 9.17) is 10.2 Å². The molecule has 0 atom stereocenters. The lowest BCUT2D eigenvalue weighted by molar-refractivity contribution is 0.100. The van der Waals surface area contributed by atoms with Crippen molar-refractivity contribution in [3.05, 3.63) is 85.6 Å². The Labute approximate surface area is 188 Å². The Kier molecular flexibility index (Phi) is 5.66. The van der Waals surface area contributed by atoms with Crippen LogP contribution in [0.25, 0.3) is 27.8 Å². The molecular weight excluding hydrogens is 480 g/mol. The Balaban J connectivity index is 1.62. The molecule has 7 nitrogen and oxygen atoms in total. The number of nitriles is 1. The Hall–Kier alpha value is -3.74. The fourth-order valence-corrected chi connectivity index (χ4v) is 3.99. The zero-order valence-corrected chi connectivity index (χ0v) is 18.2.